The molecule has 0 aromatic heterocycles. The minimum Gasteiger partial charge on any atom is -0.489 e. The number of rotatable bonds is 5. The lowest BCUT2D eigenvalue weighted by Crippen LogP contribution is -2.04. The highest BCUT2D eigenvalue weighted by Gasteiger charge is 2.11. The molecular formula is C20H18ClNO3. The first-order valence-corrected chi connectivity index (χ1v) is 8.01. The van der Waals surface area contributed by atoms with Crippen LogP contribution in [0.2, 0.25) is 5.02 Å². The summed E-state index contributed by atoms with van der Waals surface area (Å²) in [6.07, 6.45) is 1.54. The average Bonchev–Trinajstić information content (AvgIpc) is 2.61. The molecule has 0 saturated carbocycles. The van der Waals surface area contributed by atoms with E-state index in [1.165, 1.54) is 7.11 Å². The fourth-order valence-electron chi connectivity index (χ4n) is 2.36. The Morgan fingerprint density at radius 2 is 1.92 bits per heavy atom. The molecule has 0 atom stereocenters. The minimum atomic E-state index is -0.651. The SMILES string of the molecule is COC(=O)C(C#N)=Cc1cc(C)cc(COc2ccc(Cl)cc2)c1C. The number of halogens is 1. The normalized spacial score (nSPS) is 10.9. The van der Waals surface area contributed by atoms with Gasteiger partial charge in [-0.15, -0.1) is 0 Å². The van der Waals surface area contributed by atoms with Crippen molar-refractivity contribution in [1.82, 2.24) is 0 Å². The van der Waals surface area contributed by atoms with E-state index < -0.39 is 5.97 Å². The number of nitriles is 1. The molecular weight excluding hydrogens is 338 g/mol. The van der Waals surface area contributed by atoms with Gasteiger partial charge in [0, 0.05) is 5.02 Å². The maximum atomic E-state index is 11.6. The Morgan fingerprint density at radius 3 is 2.52 bits per heavy atom. The molecule has 0 aliphatic carbocycles. The largest absolute Gasteiger partial charge is 0.489 e. The maximum Gasteiger partial charge on any atom is 0.348 e. The van der Waals surface area contributed by atoms with Gasteiger partial charge in [0.1, 0.15) is 24.0 Å². The van der Waals surface area contributed by atoms with Crippen LogP contribution in [0.25, 0.3) is 6.08 Å². The van der Waals surface area contributed by atoms with Gasteiger partial charge >= 0.3 is 5.97 Å². The molecule has 2 aromatic rings. The van der Waals surface area contributed by atoms with Crippen molar-refractivity contribution in [2.45, 2.75) is 20.5 Å². The molecule has 0 aliphatic rings. The van der Waals surface area contributed by atoms with Crippen molar-refractivity contribution < 1.29 is 14.3 Å². The molecule has 0 spiro atoms. The van der Waals surface area contributed by atoms with Gasteiger partial charge in [-0.1, -0.05) is 29.3 Å². The second-order valence-corrected chi connectivity index (χ2v) is 5.98. The highest BCUT2D eigenvalue weighted by Crippen LogP contribution is 2.22. The van der Waals surface area contributed by atoms with Gasteiger partial charge in [-0.2, -0.15) is 5.26 Å². The van der Waals surface area contributed by atoms with Gasteiger partial charge in [0.2, 0.25) is 0 Å². The summed E-state index contributed by atoms with van der Waals surface area (Å²) in [5.74, 6) is 0.0667. The van der Waals surface area contributed by atoms with E-state index in [1.807, 2.05) is 32.0 Å². The topological polar surface area (TPSA) is 59.3 Å². The lowest BCUT2D eigenvalue weighted by molar-refractivity contribution is -0.135. The first-order chi connectivity index (χ1) is 11.9. The van der Waals surface area contributed by atoms with Crippen molar-refractivity contribution in [2.24, 2.45) is 0 Å². The van der Waals surface area contributed by atoms with Crippen LogP contribution in [0.15, 0.2) is 42.0 Å². The molecule has 0 bridgehead atoms. The van der Waals surface area contributed by atoms with Crippen LogP contribution < -0.4 is 4.74 Å². The molecule has 0 amide bonds. The molecule has 0 aliphatic heterocycles. The minimum absolute atomic E-state index is 0.0410. The Labute approximate surface area is 152 Å². The van der Waals surface area contributed by atoms with Crippen molar-refractivity contribution in [3.8, 4) is 11.8 Å². The van der Waals surface area contributed by atoms with Crippen LogP contribution in [0, 0.1) is 25.2 Å². The number of esters is 1. The molecule has 0 unspecified atom stereocenters. The molecule has 0 N–H and O–H groups in total. The van der Waals surface area contributed by atoms with Crippen LogP contribution in [-0.2, 0) is 16.1 Å². The highest BCUT2D eigenvalue weighted by molar-refractivity contribution is 6.30. The molecule has 2 aromatic carbocycles. The Balaban J connectivity index is 2.30. The zero-order chi connectivity index (χ0) is 18.4. The Hall–Kier alpha value is -2.77. The van der Waals surface area contributed by atoms with Gasteiger partial charge in [0.05, 0.1) is 7.11 Å². The second kappa shape index (κ2) is 8.36. The lowest BCUT2D eigenvalue weighted by Gasteiger charge is -2.13. The van der Waals surface area contributed by atoms with E-state index in [0.717, 1.165) is 28.0 Å². The summed E-state index contributed by atoms with van der Waals surface area (Å²) in [6.45, 7) is 4.25. The van der Waals surface area contributed by atoms with E-state index >= 15 is 0 Å². The highest BCUT2D eigenvalue weighted by atomic mass is 35.5. The van der Waals surface area contributed by atoms with Gasteiger partial charge in [-0.05, 0) is 60.9 Å². The monoisotopic (exact) mass is 355 g/mol. The first kappa shape index (κ1) is 18.6. The van der Waals surface area contributed by atoms with Gasteiger partial charge in [0.15, 0.2) is 0 Å². The third-order valence-electron chi connectivity index (χ3n) is 3.73. The standard InChI is InChI=1S/C20H18ClNO3/c1-13-8-15(10-16(11-22)20(23)24-3)14(2)17(9-13)12-25-19-6-4-18(21)5-7-19/h4-10H,12H2,1-3H3. The van der Waals surface area contributed by atoms with Crippen LogP contribution in [0.1, 0.15) is 22.3 Å². The van der Waals surface area contributed by atoms with E-state index in [9.17, 15) is 4.79 Å². The third-order valence-corrected chi connectivity index (χ3v) is 3.99. The summed E-state index contributed by atoms with van der Waals surface area (Å²) in [5.41, 5.74) is 3.67. The quantitative estimate of drug-likeness (QED) is 0.446. The molecule has 4 nitrogen and oxygen atoms in total. The number of ether oxygens (including phenoxy) is 2. The zero-order valence-corrected chi connectivity index (χ0v) is 15.1. The van der Waals surface area contributed by atoms with Crippen LogP contribution in [0.3, 0.4) is 0 Å². The molecule has 25 heavy (non-hydrogen) atoms. The fraction of sp³-hybridized carbons (Fsp3) is 0.200. The molecule has 0 fully saturated rings. The zero-order valence-electron chi connectivity index (χ0n) is 14.3. The number of methoxy groups -OCH3 is 1. The number of hydrogen-bond acceptors (Lipinski definition) is 4. The summed E-state index contributed by atoms with van der Waals surface area (Å²) in [6, 6.07) is 13.0. The maximum absolute atomic E-state index is 11.6. The lowest BCUT2D eigenvalue weighted by atomic mass is 9.98. The fourth-order valence-corrected chi connectivity index (χ4v) is 2.48. The van der Waals surface area contributed by atoms with Crippen LogP contribution in [0.4, 0.5) is 0 Å². The molecule has 5 heteroatoms. The van der Waals surface area contributed by atoms with Crippen molar-refractivity contribution in [3.05, 3.63) is 69.2 Å². The van der Waals surface area contributed by atoms with E-state index in [2.05, 4.69) is 4.74 Å². The van der Waals surface area contributed by atoms with E-state index in [4.69, 9.17) is 21.6 Å². The van der Waals surface area contributed by atoms with Gasteiger partial charge in [-0.3, -0.25) is 0 Å². The number of hydrogen-bond donors (Lipinski definition) is 0. The Kier molecular flexibility index (Phi) is 6.21. The van der Waals surface area contributed by atoms with Gasteiger partial charge in [-0.25, -0.2) is 4.79 Å². The van der Waals surface area contributed by atoms with Crippen molar-refractivity contribution in [2.75, 3.05) is 7.11 Å². The summed E-state index contributed by atoms with van der Waals surface area (Å²) < 4.78 is 10.4. The van der Waals surface area contributed by atoms with E-state index in [1.54, 1.807) is 30.3 Å². The number of carbonyl (C=O) groups is 1. The van der Waals surface area contributed by atoms with Crippen molar-refractivity contribution in [3.63, 3.8) is 0 Å². The summed E-state index contributed by atoms with van der Waals surface area (Å²) in [5, 5.41) is 9.79. The number of nitrogens with zero attached hydrogens (tertiary/aromatic N) is 1. The summed E-state index contributed by atoms with van der Waals surface area (Å²) in [4.78, 5) is 11.6. The average molecular weight is 356 g/mol. The predicted molar refractivity (Wildman–Crippen MR) is 97.3 cm³/mol. The molecule has 128 valence electrons. The van der Waals surface area contributed by atoms with Crippen molar-refractivity contribution >= 4 is 23.6 Å². The van der Waals surface area contributed by atoms with Crippen LogP contribution >= 0.6 is 11.6 Å². The van der Waals surface area contributed by atoms with Gasteiger partial charge in [0.25, 0.3) is 0 Å². The molecule has 0 radical (unpaired) electrons. The first-order valence-electron chi connectivity index (χ1n) is 7.63. The van der Waals surface area contributed by atoms with E-state index in [0.29, 0.717) is 11.6 Å². The van der Waals surface area contributed by atoms with Crippen LogP contribution in [0.5, 0.6) is 5.75 Å². The summed E-state index contributed by atoms with van der Waals surface area (Å²) in [7, 11) is 1.25. The molecule has 0 saturated heterocycles. The third kappa shape index (κ3) is 4.85. The van der Waals surface area contributed by atoms with Crippen LogP contribution in [-0.4, -0.2) is 13.1 Å². The molecule has 2 rings (SSSR count). The van der Waals surface area contributed by atoms with E-state index in [-0.39, 0.29) is 5.57 Å². The molecule has 0 heterocycles. The Morgan fingerprint density at radius 1 is 1.24 bits per heavy atom. The van der Waals surface area contributed by atoms with Gasteiger partial charge < -0.3 is 9.47 Å². The van der Waals surface area contributed by atoms with Crippen molar-refractivity contribution in [1.29, 1.82) is 5.26 Å². The number of aryl methyl sites for hydroxylation is 1. The Bertz CT molecular complexity index is 848. The second-order valence-electron chi connectivity index (χ2n) is 5.54. The number of carbonyl (C=O) groups excluding carboxylic acids is 1. The smallest absolute Gasteiger partial charge is 0.348 e. The number of benzene rings is 2. The summed E-state index contributed by atoms with van der Waals surface area (Å²) >= 11 is 5.87. The predicted octanol–water partition coefficient (Wildman–Crippen LogP) is 4.62.